The molecule has 168 valence electrons. The lowest BCUT2D eigenvalue weighted by Gasteiger charge is -2.14. The molecule has 0 saturated heterocycles. The summed E-state index contributed by atoms with van der Waals surface area (Å²) in [5, 5.41) is 3.07. The number of fused-ring (bicyclic) bond motifs is 1. The third-order valence-electron chi connectivity index (χ3n) is 3.98. The predicted octanol–water partition coefficient (Wildman–Crippen LogP) is 3.64. The predicted molar refractivity (Wildman–Crippen MR) is 105 cm³/mol. The number of nitrogens with one attached hydrogen (secondary N) is 1. The van der Waals surface area contributed by atoms with Gasteiger partial charge in [0.1, 0.15) is 17.1 Å². The summed E-state index contributed by atoms with van der Waals surface area (Å²) in [6.45, 7) is 0.808. The van der Waals surface area contributed by atoms with Crippen LogP contribution >= 0.6 is 0 Å². The average Bonchev–Trinajstić information content (AvgIpc) is 2.72. The Morgan fingerprint density at radius 3 is 2.38 bits per heavy atom. The molecule has 1 aromatic heterocycles. The summed E-state index contributed by atoms with van der Waals surface area (Å²) in [6, 6.07) is 12.0. The van der Waals surface area contributed by atoms with Crippen LogP contribution in [0.5, 0.6) is 11.5 Å². The number of hydrogen-bond donors (Lipinski definition) is 1. The van der Waals surface area contributed by atoms with Gasteiger partial charge in [-0.05, 0) is 49.4 Å². The highest BCUT2D eigenvalue weighted by Gasteiger charge is 2.31. The first-order valence-corrected chi connectivity index (χ1v) is 9.12. The zero-order chi connectivity index (χ0) is 23.3. The van der Waals surface area contributed by atoms with E-state index < -0.39 is 42.3 Å². The summed E-state index contributed by atoms with van der Waals surface area (Å²) < 4.78 is 55.5. The first kappa shape index (κ1) is 22.7. The molecule has 1 unspecified atom stereocenters. The monoisotopic (exact) mass is 451 g/mol. The molecule has 1 heterocycles. The molecule has 0 bridgehead atoms. The second-order valence-electron chi connectivity index (χ2n) is 6.44. The molecule has 1 atom stereocenters. The van der Waals surface area contributed by atoms with Gasteiger partial charge < -0.3 is 23.9 Å². The van der Waals surface area contributed by atoms with Gasteiger partial charge in [0.25, 0.3) is 5.91 Å². The number of halogens is 3. The smallest absolute Gasteiger partial charge is 0.482 e. The van der Waals surface area contributed by atoms with Gasteiger partial charge in [0.15, 0.2) is 12.7 Å². The Morgan fingerprint density at radius 1 is 1.03 bits per heavy atom. The van der Waals surface area contributed by atoms with Crippen molar-refractivity contribution in [2.75, 3.05) is 11.9 Å². The van der Waals surface area contributed by atoms with E-state index in [2.05, 4.69) is 10.1 Å². The lowest BCUT2D eigenvalue weighted by molar-refractivity contribution is -0.274. The van der Waals surface area contributed by atoms with Crippen LogP contribution in [0.25, 0.3) is 11.0 Å². The Balaban J connectivity index is 1.49. The number of rotatable bonds is 7. The van der Waals surface area contributed by atoms with Crippen LogP contribution < -0.4 is 20.4 Å². The van der Waals surface area contributed by atoms with Crippen LogP contribution in [0.15, 0.2) is 63.8 Å². The van der Waals surface area contributed by atoms with Crippen molar-refractivity contribution in [1.29, 1.82) is 0 Å². The van der Waals surface area contributed by atoms with Crippen LogP contribution in [0, 0.1) is 0 Å². The van der Waals surface area contributed by atoms with Crippen molar-refractivity contribution in [3.8, 4) is 11.5 Å². The van der Waals surface area contributed by atoms with E-state index in [1.54, 1.807) is 18.2 Å². The number of hydrogen-bond acceptors (Lipinski definition) is 7. The maximum Gasteiger partial charge on any atom is 0.573 e. The molecular formula is C21H16F3NO7. The van der Waals surface area contributed by atoms with E-state index in [-0.39, 0.29) is 17.0 Å². The number of amides is 1. The van der Waals surface area contributed by atoms with Crippen molar-refractivity contribution in [1.82, 2.24) is 0 Å². The summed E-state index contributed by atoms with van der Waals surface area (Å²) >= 11 is 0. The maximum absolute atomic E-state index is 12.2. The molecule has 0 aliphatic carbocycles. The normalized spacial score (nSPS) is 12.1. The van der Waals surface area contributed by atoms with Crippen molar-refractivity contribution < 1.29 is 41.4 Å². The molecule has 3 rings (SSSR count). The minimum atomic E-state index is -4.82. The maximum atomic E-state index is 12.2. The Bertz CT molecular complexity index is 1170. The van der Waals surface area contributed by atoms with Gasteiger partial charge in [0.2, 0.25) is 0 Å². The highest BCUT2D eigenvalue weighted by molar-refractivity contribution is 5.95. The zero-order valence-electron chi connectivity index (χ0n) is 16.5. The molecule has 1 amide bonds. The van der Waals surface area contributed by atoms with E-state index in [1.807, 2.05) is 0 Å². The Labute approximate surface area is 178 Å². The third-order valence-corrected chi connectivity index (χ3v) is 3.98. The highest BCUT2D eigenvalue weighted by Crippen LogP contribution is 2.24. The minimum absolute atomic E-state index is 0.182. The zero-order valence-corrected chi connectivity index (χ0v) is 16.5. The number of carbonyl (C=O) groups excluding carboxylic acids is 2. The molecular weight excluding hydrogens is 435 g/mol. The topological polar surface area (TPSA) is 104 Å². The number of anilines is 1. The molecule has 11 heteroatoms. The number of carbonyl (C=O) groups is 2. The summed E-state index contributed by atoms with van der Waals surface area (Å²) in [4.78, 5) is 35.4. The summed E-state index contributed by atoms with van der Waals surface area (Å²) in [5.41, 5.74) is -0.0690. The Hall–Kier alpha value is -4.02. The van der Waals surface area contributed by atoms with Crippen LogP contribution in [0.4, 0.5) is 18.9 Å². The van der Waals surface area contributed by atoms with Crippen molar-refractivity contribution >= 4 is 28.5 Å². The summed E-state index contributed by atoms with van der Waals surface area (Å²) in [6.07, 6.45) is -6.03. The molecule has 0 radical (unpaired) electrons. The SMILES string of the molecule is CC(OC(=O)COc1ccc2ccc(=O)oc2c1)C(=O)Nc1ccc(OC(F)(F)F)cc1. The molecule has 0 fully saturated rings. The molecule has 0 aliphatic heterocycles. The molecule has 0 spiro atoms. The summed E-state index contributed by atoms with van der Waals surface area (Å²) in [7, 11) is 0. The first-order valence-electron chi connectivity index (χ1n) is 9.12. The Kier molecular flexibility index (Phi) is 6.67. The number of alkyl halides is 3. The lowest BCUT2D eigenvalue weighted by Crippen LogP contribution is -2.31. The van der Waals surface area contributed by atoms with E-state index in [9.17, 15) is 27.6 Å². The van der Waals surface area contributed by atoms with Crippen molar-refractivity contribution in [3.05, 3.63) is 65.0 Å². The van der Waals surface area contributed by atoms with Gasteiger partial charge >= 0.3 is 18.0 Å². The van der Waals surface area contributed by atoms with Crippen molar-refractivity contribution in [2.24, 2.45) is 0 Å². The van der Waals surface area contributed by atoms with E-state index in [0.717, 1.165) is 12.1 Å². The quantitative estimate of drug-likeness (QED) is 0.432. The average molecular weight is 451 g/mol. The van der Waals surface area contributed by atoms with E-state index in [0.29, 0.717) is 5.39 Å². The number of benzene rings is 2. The Morgan fingerprint density at radius 2 is 1.69 bits per heavy atom. The van der Waals surface area contributed by atoms with Crippen molar-refractivity contribution in [3.63, 3.8) is 0 Å². The van der Waals surface area contributed by atoms with Gasteiger partial charge in [0, 0.05) is 23.2 Å². The molecule has 2 aromatic carbocycles. The van der Waals surface area contributed by atoms with E-state index in [4.69, 9.17) is 13.9 Å². The van der Waals surface area contributed by atoms with Crippen LogP contribution in [0.3, 0.4) is 0 Å². The molecule has 1 N–H and O–H groups in total. The molecule has 8 nitrogen and oxygen atoms in total. The fourth-order valence-electron chi connectivity index (χ4n) is 2.54. The van der Waals surface area contributed by atoms with Gasteiger partial charge in [-0.3, -0.25) is 4.79 Å². The number of ether oxygens (including phenoxy) is 3. The second-order valence-corrected chi connectivity index (χ2v) is 6.44. The summed E-state index contributed by atoms with van der Waals surface area (Å²) in [5.74, 6) is -1.73. The molecule has 0 saturated carbocycles. The van der Waals surface area contributed by atoms with Crippen LogP contribution in [0.1, 0.15) is 6.92 Å². The van der Waals surface area contributed by atoms with Gasteiger partial charge in [-0.25, -0.2) is 9.59 Å². The lowest BCUT2D eigenvalue weighted by atomic mass is 10.2. The standard InChI is InChI=1S/C21H16F3NO7/c1-12(20(28)25-14-4-7-15(8-5-14)32-21(22,23)24)30-19(27)11-29-16-6-2-13-3-9-18(26)31-17(13)10-16/h2-10,12H,11H2,1H3,(H,25,28). The van der Waals surface area contributed by atoms with E-state index >= 15 is 0 Å². The molecule has 3 aromatic rings. The van der Waals surface area contributed by atoms with Crippen molar-refractivity contribution in [2.45, 2.75) is 19.4 Å². The second kappa shape index (κ2) is 9.41. The van der Waals surface area contributed by atoms with Crippen LogP contribution in [-0.2, 0) is 14.3 Å². The largest absolute Gasteiger partial charge is 0.573 e. The minimum Gasteiger partial charge on any atom is -0.482 e. The molecule has 0 aliphatic rings. The van der Waals surface area contributed by atoms with E-state index in [1.165, 1.54) is 31.2 Å². The van der Waals surface area contributed by atoms with Gasteiger partial charge in [0.05, 0.1) is 0 Å². The van der Waals surface area contributed by atoms with Gasteiger partial charge in [-0.1, -0.05) is 0 Å². The first-order chi connectivity index (χ1) is 15.1. The fraction of sp³-hybridized carbons (Fsp3) is 0.190. The molecule has 32 heavy (non-hydrogen) atoms. The fourth-order valence-corrected chi connectivity index (χ4v) is 2.54. The third kappa shape index (κ3) is 6.49. The van der Waals surface area contributed by atoms with Crippen LogP contribution in [-0.4, -0.2) is 30.9 Å². The van der Waals surface area contributed by atoms with Gasteiger partial charge in [-0.15, -0.1) is 13.2 Å². The van der Waals surface area contributed by atoms with Crippen LogP contribution in [0.2, 0.25) is 0 Å². The highest BCUT2D eigenvalue weighted by atomic mass is 19.4. The van der Waals surface area contributed by atoms with Gasteiger partial charge in [-0.2, -0.15) is 0 Å². The number of esters is 1.